The number of carbonyl (C=O) groups is 1. The van der Waals surface area contributed by atoms with E-state index in [9.17, 15) is 4.79 Å². The fourth-order valence-electron chi connectivity index (χ4n) is 2.43. The van der Waals surface area contributed by atoms with Gasteiger partial charge in [0.05, 0.1) is 4.91 Å². The van der Waals surface area contributed by atoms with Crippen LogP contribution in [0.4, 0.5) is 0 Å². The summed E-state index contributed by atoms with van der Waals surface area (Å²) in [7, 11) is 0. The quantitative estimate of drug-likeness (QED) is 0.585. The number of rotatable bonds is 4. The number of unbranched alkanes of at least 4 members (excludes halogenated alkanes) is 1. The van der Waals surface area contributed by atoms with Crippen molar-refractivity contribution < 1.29 is 4.79 Å². The average molecular weight is 284 g/mol. The van der Waals surface area contributed by atoms with Gasteiger partial charge in [-0.2, -0.15) is 0 Å². The van der Waals surface area contributed by atoms with Gasteiger partial charge < -0.3 is 4.90 Å². The Kier molecular flexibility index (Phi) is 4.67. The first-order chi connectivity index (χ1) is 8.69. The zero-order valence-corrected chi connectivity index (χ0v) is 12.7. The van der Waals surface area contributed by atoms with Crippen LogP contribution in [0, 0.1) is 0 Å². The van der Waals surface area contributed by atoms with Gasteiger partial charge >= 0.3 is 0 Å². The summed E-state index contributed by atoms with van der Waals surface area (Å²) < 4.78 is 0.715. The topological polar surface area (TPSA) is 23.6 Å². The Labute approximate surface area is 119 Å². The zero-order chi connectivity index (χ0) is 13.1. The first-order valence-corrected chi connectivity index (χ1v) is 7.93. The van der Waals surface area contributed by atoms with Crippen LogP contribution in [0.2, 0.25) is 0 Å². The molecule has 100 valence electrons. The Morgan fingerprint density at radius 1 is 1.39 bits per heavy atom. The van der Waals surface area contributed by atoms with Crippen molar-refractivity contribution in [2.75, 3.05) is 19.6 Å². The van der Waals surface area contributed by atoms with Crippen LogP contribution in [0.1, 0.15) is 39.5 Å². The minimum atomic E-state index is 0.117. The van der Waals surface area contributed by atoms with Crippen LogP contribution in [-0.4, -0.2) is 39.7 Å². The fraction of sp³-hybridized carbons (Fsp3) is 0.692. The van der Waals surface area contributed by atoms with E-state index in [4.69, 9.17) is 12.2 Å². The van der Waals surface area contributed by atoms with Gasteiger partial charge in [0.15, 0.2) is 0 Å². The van der Waals surface area contributed by atoms with Gasteiger partial charge in [0, 0.05) is 25.3 Å². The van der Waals surface area contributed by atoms with Gasteiger partial charge in [-0.15, -0.1) is 0 Å². The normalized spacial score (nSPS) is 24.6. The van der Waals surface area contributed by atoms with E-state index < -0.39 is 0 Å². The predicted octanol–water partition coefficient (Wildman–Crippen LogP) is 2.97. The lowest BCUT2D eigenvalue weighted by molar-refractivity contribution is -0.122. The summed E-state index contributed by atoms with van der Waals surface area (Å²) >= 11 is 6.76. The highest BCUT2D eigenvalue weighted by Crippen LogP contribution is 2.37. The SMILES string of the molecule is CCCCN1CCCC1=C1SC(=S)N(CC)C1=O. The van der Waals surface area contributed by atoms with E-state index in [2.05, 4.69) is 11.8 Å². The van der Waals surface area contributed by atoms with E-state index in [1.807, 2.05) is 6.92 Å². The van der Waals surface area contributed by atoms with Crippen molar-refractivity contribution in [2.24, 2.45) is 0 Å². The smallest absolute Gasteiger partial charge is 0.267 e. The van der Waals surface area contributed by atoms with Crippen LogP contribution in [0.15, 0.2) is 10.6 Å². The molecule has 2 aliphatic heterocycles. The molecule has 5 heteroatoms. The molecule has 2 heterocycles. The van der Waals surface area contributed by atoms with Gasteiger partial charge in [-0.25, -0.2) is 0 Å². The molecule has 0 spiro atoms. The number of hydrogen-bond acceptors (Lipinski definition) is 4. The summed E-state index contributed by atoms with van der Waals surface area (Å²) in [5, 5.41) is 0. The Balaban J connectivity index is 2.19. The van der Waals surface area contributed by atoms with Crippen LogP contribution in [-0.2, 0) is 4.79 Å². The molecule has 0 aromatic rings. The number of carbonyl (C=O) groups excluding carboxylic acids is 1. The maximum Gasteiger partial charge on any atom is 0.267 e. The lowest BCUT2D eigenvalue weighted by Gasteiger charge is -2.20. The molecule has 0 bridgehead atoms. The first-order valence-electron chi connectivity index (χ1n) is 6.70. The van der Waals surface area contributed by atoms with Crippen LogP contribution < -0.4 is 0 Å². The zero-order valence-electron chi connectivity index (χ0n) is 11.1. The third-order valence-electron chi connectivity index (χ3n) is 3.43. The third kappa shape index (κ3) is 2.57. The lowest BCUT2D eigenvalue weighted by atomic mass is 10.2. The van der Waals surface area contributed by atoms with Crippen molar-refractivity contribution in [2.45, 2.75) is 39.5 Å². The summed E-state index contributed by atoms with van der Waals surface area (Å²) in [5.41, 5.74) is 1.23. The molecule has 2 aliphatic rings. The second-order valence-corrected chi connectivity index (χ2v) is 6.28. The number of allylic oxidation sites excluding steroid dienone is 1. The molecule has 1 amide bonds. The molecule has 3 nitrogen and oxygen atoms in total. The molecular formula is C13H20N2OS2. The van der Waals surface area contributed by atoms with Gasteiger partial charge in [-0.1, -0.05) is 37.3 Å². The van der Waals surface area contributed by atoms with Crippen LogP contribution in [0.3, 0.4) is 0 Å². The van der Waals surface area contributed by atoms with Crippen LogP contribution in [0.25, 0.3) is 0 Å². The van der Waals surface area contributed by atoms with Crippen molar-refractivity contribution in [3.63, 3.8) is 0 Å². The number of thiocarbonyl (C=S) groups is 1. The van der Waals surface area contributed by atoms with Crippen molar-refractivity contribution in [3.8, 4) is 0 Å². The first kappa shape index (κ1) is 13.9. The fourth-order valence-corrected chi connectivity index (χ4v) is 3.94. The standard InChI is InChI=1S/C13H20N2OS2/c1-3-5-8-14-9-6-7-10(14)11-12(16)15(4-2)13(17)18-11/h3-9H2,1-2H3. The number of hydrogen-bond donors (Lipinski definition) is 0. The van der Waals surface area contributed by atoms with Crippen LogP contribution in [0.5, 0.6) is 0 Å². The molecule has 0 saturated carbocycles. The second kappa shape index (κ2) is 6.06. The van der Waals surface area contributed by atoms with Gasteiger partial charge in [-0.05, 0) is 26.2 Å². The third-order valence-corrected chi connectivity index (χ3v) is 4.91. The van der Waals surface area contributed by atoms with Crippen molar-refractivity contribution >= 4 is 34.2 Å². The number of likely N-dealkylation sites (N-methyl/N-ethyl adjacent to an activating group) is 1. The van der Waals surface area contributed by atoms with E-state index in [-0.39, 0.29) is 5.91 Å². The molecule has 0 unspecified atom stereocenters. The molecule has 0 aromatic heterocycles. The monoisotopic (exact) mass is 284 g/mol. The highest BCUT2D eigenvalue weighted by molar-refractivity contribution is 8.26. The number of amides is 1. The Hall–Kier alpha value is -0.550. The molecule has 2 saturated heterocycles. The van der Waals surface area contributed by atoms with E-state index >= 15 is 0 Å². The molecule has 2 fully saturated rings. The predicted molar refractivity (Wildman–Crippen MR) is 80.3 cm³/mol. The second-order valence-electron chi connectivity index (χ2n) is 4.64. The van der Waals surface area contributed by atoms with Crippen molar-refractivity contribution in [1.82, 2.24) is 9.80 Å². The highest BCUT2D eigenvalue weighted by atomic mass is 32.2. The molecule has 2 rings (SSSR count). The van der Waals surface area contributed by atoms with Crippen molar-refractivity contribution in [1.29, 1.82) is 0 Å². The van der Waals surface area contributed by atoms with Gasteiger partial charge in [-0.3, -0.25) is 9.69 Å². The number of thioether (sulfide) groups is 1. The maximum absolute atomic E-state index is 12.3. The number of likely N-dealkylation sites (tertiary alicyclic amines) is 1. The van der Waals surface area contributed by atoms with Gasteiger partial charge in [0.25, 0.3) is 5.91 Å². The lowest BCUT2D eigenvalue weighted by Crippen LogP contribution is -2.28. The maximum atomic E-state index is 12.3. The largest absolute Gasteiger partial charge is 0.374 e. The Morgan fingerprint density at radius 3 is 2.78 bits per heavy atom. The summed E-state index contributed by atoms with van der Waals surface area (Å²) in [5.74, 6) is 0.117. The Morgan fingerprint density at radius 2 is 2.17 bits per heavy atom. The van der Waals surface area contributed by atoms with E-state index in [0.29, 0.717) is 10.9 Å². The van der Waals surface area contributed by atoms with Gasteiger partial charge in [0.2, 0.25) is 0 Å². The molecule has 0 atom stereocenters. The average Bonchev–Trinajstić information content (AvgIpc) is 2.91. The molecule has 0 aliphatic carbocycles. The highest BCUT2D eigenvalue weighted by Gasteiger charge is 2.35. The minimum absolute atomic E-state index is 0.117. The van der Waals surface area contributed by atoms with E-state index in [1.54, 1.807) is 4.90 Å². The van der Waals surface area contributed by atoms with Crippen LogP contribution >= 0.6 is 24.0 Å². The molecule has 18 heavy (non-hydrogen) atoms. The van der Waals surface area contributed by atoms with Gasteiger partial charge in [0.1, 0.15) is 4.32 Å². The summed E-state index contributed by atoms with van der Waals surface area (Å²) in [6.07, 6.45) is 4.57. The van der Waals surface area contributed by atoms with E-state index in [0.717, 1.165) is 30.8 Å². The summed E-state index contributed by atoms with van der Waals surface area (Å²) in [4.78, 5) is 17.3. The summed E-state index contributed by atoms with van der Waals surface area (Å²) in [6.45, 7) is 7.01. The molecule has 0 aromatic carbocycles. The molecule has 0 radical (unpaired) electrons. The molecular weight excluding hydrogens is 264 g/mol. The minimum Gasteiger partial charge on any atom is -0.374 e. The van der Waals surface area contributed by atoms with E-state index in [1.165, 1.54) is 30.3 Å². The summed E-state index contributed by atoms with van der Waals surface area (Å²) in [6, 6.07) is 0. The van der Waals surface area contributed by atoms with Crippen molar-refractivity contribution in [3.05, 3.63) is 10.6 Å². The Bertz CT molecular complexity index is 392. The number of nitrogens with zero attached hydrogens (tertiary/aromatic N) is 2. The molecule has 0 N–H and O–H groups in total.